The minimum Gasteiger partial charge on any atom is -0.353 e. The standard InChI is InChI=1S/C28H29ClFN7/c1-35(2)19-14-37(15-19)28-33-26-21(27(34-28)36-12-17-9-10-18(13-36)32-17)11-31-25(24(26)30)20-7-3-5-16-6-4-8-22(29)23(16)20/h3-8,11,17-19,32H,9-10,12-15H2,1-2H3/t17-,18+. The smallest absolute Gasteiger partial charge is 0.228 e. The van der Waals surface area contributed by atoms with Crippen LogP contribution >= 0.6 is 11.6 Å². The van der Waals surface area contributed by atoms with Gasteiger partial charge in [0.25, 0.3) is 0 Å². The number of pyridine rings is 1. The molecule has 2 aromatic heterocycles. The Hall–Kier alpha value is -3.07. The molecule has 2 atom stereocenters. The fourth-order valence-corrected chi connectivity index (χ4v) is 6.29. The summed E-state index contributed by atoms with van der Waals surface area (Å²) in [4.78, 5) is 21.1. The van der Waals surface area contributed by atoms with Crippen LogP contribution in [0.1, 0.15) is 12.8 Å². The van der Waals surface area contributed by atoms with Gasteiger partial charge >= 0.3 is 0 Å². The Morgan fingerprint density at radius 1 is 0.973 bits per heavy atom. The van der Waals surface area contributed by atoms with Crippen LogP contribution in [0.25, 0.3) is 32.9 Å². The predicted molar refractivity (Wildman–Crippen MR) is 147 cm³/mol. The van der Waals surface area contributed by atoms with Crippen molar-refractivity contribution in [2.24, 2.45) is 0 Å². The van der Waals surface area contributed by atoms with Crippen molar-refractivity contribution in [2.75, 3.05) is 50.1 Å². The summed E-state index contributed by atoms with van der Waals surface area (Å²) in [7, 11) is 4.16. The number of likely N-dealkylation sites (N-methyl/N-ethyl adjacent to an activating group) is 1. The van der Waals surface area contributed by atoms with Gasteiger partial charge in [0, 0.05) is 66.5 Å². The molecule has 1 N–H and O–H groups in total. The Morgan fingerprint density at radius 3 is 2.43 bits per heavy atom. The van der Waals surface area contributed by atoms with Crippen molar-refractivity contribution >= 4 is 45.0 Å². The lowest BCUT2D eigenvalue weighted by molar-refractivity contribution is 0.245. The highest BCUT2D eigenvalue weighted by atomic mass is 35.5. The maximum absolute atomic E-state index is 16.4. The van der Waals surface area contributed by atoms with E-state index in [4.69, 9.17) is 21.6 Å². The molecule has 3 saturated heterocycles. The van der Waals surface area contributed by atoms with E-state index < -0.39 is 5.82 Å². The zero-order chi connectivity index (χ0) is 25.3. The van der Waals surface area contributed by atoms with Crippen LogP contribution in [0.3, 0.4) is 0 Å². The van der Waals surface area contributed by atoms with E-state index in [2.05, 4.69) is 39.1 Å². The molecule has 3 fully saturated rings. The average molecular weight is 518 g/mol. The quantitative estimate of drug-likeness (QED) is 0.432. The minimum atomic E-state index is -0.433. The first kappa shape index (κ1) is 23.1. The van der Waals surface area contributed by atoms with Crippen molar-refractivity contribution in [2.45, 2.75) is 31.0 Å². The number of hydrogen-bond acceptors (Lipinski definition) is 7. The molecule has 0 unspecified atom stereocenters. The molecule has 2 bridgehead atoms. The van der Waals surface area contributed by atoms with Crippen LogP contribution in [0.4, 0.5) is 16.2 Å². The lowest BCUT2D eigenvalue weighted by Gasteiger charge is -2.43. The minimum absolute atomic E-state index is 0.261. The number of anilines is 2. The second kappa shape index (κ2) is 8.75. The van der Waals surface area contributed by atoms with E-state index in [0.717, 1.165) is 55.6 Å². The summed E-state index contributed by atoms with van der Waals surface area (Å²) in [6, 6.07) is 12.8. The molecule has 0 spiro atoms. The maximum Gasteiger partial charge on any atom is 0.228 e. The number of hydrogen-bond donors (Lipinski definition) is 1. The number of halogens is 2. The zero-order valence-corrected chi connectivity index (χ0v) is 21.7. The molecule has 7 nitrogen and oxygen atoms in total. The van der Waals surface area contributed by atoms with Gasteiger partial charge in [0.1, 0.15) is 17.0 Å². The number of rotatable bonds is 4. The topological polar surface area (TPSA) is 60.4 Å². The second-order valence-electron chi connectivity index (χ2n) is 10.7. The van der Waals surface area contributed by atoms with E-state index in [1.807, 2.05) is 36.4 Å². The normalized spacial score (nSPS) is 21.9. The van der Waals surface area contributed by atoms with Gasteiger partial charge in [-0.2, -0.15) is 4.98 Å². The molecule has 7 rings (SSSR count). The molecule has 0 radical (unpaired) electrons. The Labute approximate surface area is 220 Å². The Bertz CT molecular complexity index is 1500. The van der Waals surface area contributed by atoms with E-state index in [1.54, 1.807) is 6.20 Å². The average Bonchev–Trinajstić information content (AvgIpc) is 3.20. The second-order valence-corrected chi connectivity index (χ2v) is 11.1. The van der Waals surface area contributed by atoms with Crippen molar-refractivity contribution < 1.29 is 4.39 Å². The Kier molecular flexibility index (Phi) is 5.46. The molecule has 0 aliphatic carbocycles. The zero-order valence-electron chi connectivity index (χ0n) is 21.0. The van der Waals surface area contributed by atoms with Gasteiger partial charge < -0.3 is 20.0 Å². The lowest BCUT2D eigenvalue weighted by Crippen LogP contribution is -2.58. The van der Waals surface area contributed by atoms with E-state index >= 15 is 4.39 Å². The molecule has 4 aromatic rings. The highest BCUT2D eigenvalue weighted by Gasteiger charge is 2.36. The monoisotopic (exact) mass is 517 g/mol. The van der Waals surface area contributed by atoms with Gasteiger partial charge in [-0.15, -0.1) is 0 Å². The van der Waals surface area contributed by atoms with Crippen LogP contribution in [0, 0.1) is 5.82 Å². The summed E-state index contributed by atoms with van der Waals surface area (Å²) in [5.74, 6) is 0.927. The summed E-state index contributed by atoms with van der Waals surface area (Å²) in [6.07, 6.45) is 4.06. The van der Waals surface area contributed by atoms with E-state index in [1.165, 1.54) is 0 Å². The van der Waals surface area contributed by atoms with Gasteiger partial charge in [-0.1, -0.05) is 41.9 Å². The molecular weight excluding hydrogens is 489 g/mol. The molecule has 0 saturated carbocycles. The van der Waals surface area contributed by atoms with E-state index in [9.17, 15) is 0 Å². The SMILES string of the molecule is CN(C)C1CN(c2nc(N3C[C@H]4CC[C@@H](C3)N4)c3cnc(-c4cccc5cccc(Cl)c45)c(F)c3n2)C1. The fourth-order valence-electron chi connectivity index (χ4n) is 6.01. The predicted octanol–water partition coefficient (Wildman–Crippen LogP) is 4.33. The molecule has 2 aromatic carbocycles. The molecule has 3 aliphatic heterocycles. The molecule has 3 aliphatic rings. The third kappa shape index (κ3) is 3.81. The first-order valence-electron chi connectivity index (χ1n) is 12.9. The molecule has 0 amide bonds. The van der Waals surface area contributed by atoms with Crippen molar-refractivity contribution in [3.8, 4) is 11.3 Å². The number of piperazine rings is 1. The number of nitrogens with one attached hydrogen (secondary N) is 1. The summed E-state index contributed by atoms with van der Waals surface area (Å²) >= 11 is 6.58. The molecule has 9 heteroatoms. The van der Waals surface area contributed by atoms with Crippen molar-refractivity contribution in [3.63, 3.8) is 0 Å². The molecular formula is C28H29ClFN7. The fraction of sp³-hybridized carbons (Fsp3) is 0.393. The number of aromatic nitrogens is 3. The third-order valence-corrected chi connectivity index (χ3v) is 8.47. The van der Waals surface area contributed by atoms with Gasteiger partial charge in [0.2, 0.25) is 5.95 Å². The third-order valence-electron chi connectivity index (χ3n) is 8.15. The molecule has 190 valence electrons. The van der Waals surface area contributed by atoms with E-state index in [-0.39, 0.29) is 5.69 Å². The maximum atomic E-state index is 16.4. The Balaban J connectivity index is 1.40. The van der Waals surface area contributed by atoms with Crippen LogP contribution in [-0.2, 0) is 0 Å². The van der Waals surface area contributed by atoms with Crippen LogP contribution < -0.4 is 15.1 Å². The van der Waals surface area contributed by atoms with Gasteiger partial charge in [-0.05, 0) is 38.4 Å². The summed E-state index contributed by atoms with van der Waals surface area (Å²) in [5.41, 5.74) is 1.24. The number of fused-ring (bicyclic) bond motifs is 4. The van der Waals surface area contributed by atoms with Gasteiger partial charge in [0.05, 0.1) is 5.39 Å². The highest BCUT2D eigenvalue weighted by Crippen LogP contribution is 2.38. The summed E-state index contributed by atoms with van der Waals surface area (Å²) < 4.78 is 16.4. The van der Waals surface area contributed by atoms with Crippen LogP contribution in [0.15, 0.2) is 42.6 Å². The molecule has 37 heavy (non-hydrogen) atoms. The Morgan fingerprint density at radius 2 is 1.70 bits per heavy atom. The van der Waals surface area contributed by atoms with Crippen molar-refractivity contribution in [1.82, 2.24) is 25.2 Å². The van der Waals surface area contributed by atoms with Crippen LogP contribution in [0.2, 0.25) is 5.02 Å². The lowest BCUT2D eigenvalue weighted by atomic mass is 10.0. The van der Waals surface area contributed by atoms with Gasteiger partial charge in [0.15, 0.2) is 5.82 Å². The first-order valence-corrected chi connectivity index (χ1v) is 13.3. The number of benzene rings is 2. The summed E-state index contributed by atoms with van der Waals surface area (Å²) in [6.45, 7) is 3.35. The van der Waals surface area contributed by atoms with Gasteiger partial charge in [-0.25, -0.2) is 9.37 Å². The van der Waals surface area contributed by atoms with Gasteiger partial charge in [-0.3, -0.25) is 4.98 Å². The van der Waals surface area contributed by atoms with Crippen molar-refractivity contribution in [1.29, 1.82) is 0 Å². The van der Waals surface area contributed by atoms with Crippen molar-refractivity contribution in [3.05, 3.63) is 53.4 Å². The molecule has 5 heterocycles. The largest absolute Gasteiger partial charge is 0.353 e. The van der Waals surface area contributed by atoms with E-state index in [0.29, 0.717) is 45.6 Å². The van der Waals surface area contributed by atoms with Crippen LogP contribution in [-0.4, -0.2) is 78.3 Å². The first-order chi connectivity index (χ1) is 18.0. The van der Waals surface area contributed by atoms with Crippen LogP contribution in [0.5, 0.6) is 0 Å². The number of nitrogens with zero attached hydrogens (tertiary/aromatic N) is 6. The summed E-state index contributed by atoms with van der Waals surface area (Å²) in [5, 5.41) is 6.65. The highest BCUT2D eigenvalue weighted by molar-refractivity contribution is 6.36.